The maximum Gasteiger partial charge on any atom is 0.185 e. The topological polar surface area (TPSA) is 34.1 Å². The van der Waals surface area contributed by atoms with Crippen LogP contribution in [0.1, 0.15) is 62.1 Å². The number of aryl methyl sites for hydroxylation is 4. The van der Waals surface area contributed by atoms with Crippen LogP contribution in [0, 0.1) is 27.7 Å². The highest BCUT2D eigenvalue weighted by molar-refractivity contribution is 6.15. The maximum atomic E-state index is 12.5. The first kappa shape index (κ1) is 28.4. The highest BCUT2D eigenvalue weighted by atomic mass is 16.1. The molecule has 0 N–H and O–H groups in total. The molecule has 1 aliphatic carbocycles. The van der Waals surface area contributed by atoms with Crippen LogP contribution in [0.2, 0.25) is 0 Å². The summed E-state index contributed by atoms with van der Waals surface area (Å²) in [5, 5.41) is 0. The number of carbonyl (C=O) groups is 2. The standard InChI is InChI=1S/C21H20O.C17H16O/c1-15-3-7-17(8-4-15)13-19-11-12-20(21(19)22)14-18-9-5-16(2)6-10-18;1-13-3-7-15(8-4-13)9-12-17(18)16-10-5-14(2)6-11-16/h3-10,13-14H,11-12H2,1-2H3;3-12H,1-2H3/b19-13+,20-14+;. The molecule has 0 spiro atoms. The molecule has 4 aromatic rings. The van der Waals surface area contributed by atoms with Crippen LogP contribution in [0.5, 0.6) is 0 Å². The predicted molar refractivity (Wildman–Crippen MR) is 168 cm³/mol. The number of hydrogen-bond acceptors (Lipinski definition) is 2. The fourth-order valence-corrected chi connectivity index (χ4v) is 4.37. The lowest BCUT2D eigenvalue weighted by Crippen LogP contribution is -1.95. The minimum absolute atomic E-state index is 0.0376. The molecular weight excluding hydrogens is 488 g/mol. The first-order valence-electron chi connectivity index (χ1n) is 13.7. The van der Waals surface area contributed by atoms with E-state index < -0.39 is 0 Å². The van der Waals surface area contributed by atoms with Gasteiger partial charge in [0, 0.05) is 16.7 Å². The zero-order chi connectivity index (χ0) is 28.5. The van der Waals surface area contributed by atoms with Gasteiger partial charge in [-0.3, -0.25) is 9.59 Å². The van der Waals surface area contributed by atoms with Gasteiger partial charge in [-0.1, -0.05) is 125 Å². The third kappa shape index (κ3) is 8.22. The summed E-state index contributed by atoms with van der Waals surface area (Å²) in [6.07, 6.45) is 9.20. The molecule has 1 aliphatic rings. The van der Waals surface area contributed by atoms with Crippen molar-refractivity contribution in [1.29, 1.82) is 0 Å². The van der Waals surface area contributed by atoms with E-state index in [2.05, 4.69) is 62.4 Å². The van der Waals surface area contributed by atoms with E-state index in [1.54, 1.807) is 6.08 Å². The van der Waals surface area contributed by atoms with Crippen molar-refractivity contribution in [2.45, 2.75) is 40.5 Å². The van der Waals surface area contributed by atoms with E-state index in [0.717, 1.165) is 51.8 Å². The van der Waals surface area contributed by atoms with Crippen LogP contribution in [0.25, 0.3) is 18.2 Å². The van der Waals surface area contributed by atoms with Crippen molar-refractivity contribution < 1.29 is 9.59 Å². The lowest BCUT2D eigenvalue weighted by atomic mass is 10.1. The number of Topliss-reactive ketones (excluding diaryl/α,β-unsaturated/α-hetero) is 1. The Balaban J connectivity index is 0.000000189. The van der Waals surface area contributed by atoms with E-state index >= 15 is 0 Å². The molecule has 0 amide bonds. The molecule has 0 aliphatic heterocycles. The van der Waals surface area contributed by atoms with Gasteiger partial charge in [0.1, 0.15) is 0 Å². The Labute approximate surface area is 238 Å². The molecule has 0 saturated heterocycles. The minimum Gasteiger partial charge on any atom is -0.289 e. The Bertz CT molecular complexity index is 1480. The summed E-state index contributed by atoms with van der Waals surface area (Å²) in [7, 11) is 0. The molecule has 5 rings (SSSR count). The van der Waals surface area contributed by atoms with Crippen LogP contribution in [-0.4, -0.2) is 11.6 Å². The zero-order valence-corrected chi connectivity index (χ0v) is 23.8. The average Bonchev–Trinajstić information content (AvgIpc) is 3.29. The van der Waals surface area contributed by atoms with Crippen LogP contribution in [0.15, 0.2) is 114 Å². The summed E-state index contributed by atoms with van der Waals surface area (Å²) >= 11 is 0. The summed E-state index contributed by atoms with van der Waals surface area (Å²) in [6, 6.07) is 32.3. The van der Waals surface area contributed by atoms with E-state index in [4.69, 9.17) is 0 Å². The van der Waals surface area contributed by atoms with Gasteiger partial charge < -0.3 is 0 Å². The summed E-state index contributed by atoms with van der Waals surface area (Å²) < 4.78 is 0. The Morgan fingerprint density at radius 1 is 0.525 bits per heavy atom. The van der Waals surface area contributed by atoms with E-state index in [-0.39, 0.29) is 11.6 Å². The molecule has 0 aromatic heterocycles. The highest BCUT2D eigenvalue weighted by Gasteiger charge is 2.22. The monoisotopic (exact) mass is 524 g/mol. The van der Waals surface area contributed by atoms with E-state index in [9.17, 15) is 9.59 Å². The van der Waals surface area contributed by atoms with Crippen molar-refractivity contribution in [1.82, 2.24) is 0 Å². The molecular formula is C38H36O2. The second-order valence-electron chi connectivity index (χ2n) is 10.5. The van der Waals surface area contributed by atoms with Crippen molar-refractivity contribution in [3.05, 3.63) is 159 Å². The van der Waals surface area contributed by atoms with E-state index in [1.165, 1.54) is 16.7 Å². The summed E-state index contributed by atoms with van der Waals surface area (Å²) in [6.45, 7) is 8.20. The van der Waals surface area contributed by atoms with E-state index in [0.29, 0.717) is 0 Å². The summed E-state index contributed by atoms with van der Waals surface area (Å²) in [5.74, 6) is 0.233. The molecule has 0 bridgehead atoms. The molecule has 1 fully saturated rings. The van der Waals surface area contributed by atoms with Crippen molar-refractivity contribution in [2.75, 3.05) is 0 Å². The van der Waals surface area contributed by atoms with Gasteiger partial charge in [0.05, 0.1) is 0 Å². The van der Waals surface area contributed by atoms with Crippen LogP contribution in [-0.2, 0) is 4.79 Å². The van der Waals surface area contributed by atoms with Gasteiger partial charge >= 0.3 is 0 Å². The molecule has 0 heterocycles. The predicted octanol–water partition coefficient (Wildman–Crippen LogP) is 9.33. The SMILES string of the molecule is Cc1ccc(/C=C2\CC/C(=C\c3ccc(C)cc3)C2=O)cc1.Cc1ccc(C=CC(=O)c2ccc(C)cc2)cc1. The molecule has 4 aromatic carbocycles. The van der Waals surface area contributed by atoms with Crippen LogP contribution >= 0.6 is 0 Å². The normalized spacial score (nSPS) is 14.9. The number of hydrogen-bond donors (Lipinski definition) is 0. The van der Waals surface area contributed by atoms with Gasteiger partial charge in [0.25, 0.3) is 0 Å². The number of rotatable bonds is 5. The molecule has 1 saturated carbocycles. The molecule has 200 valence electrons. The summed E-state index contributed by atoms with van der Waals surface area (Å²) in [4.78, 5) is 24.4. The molecule has 2 heteroatoms. The van der Waals surface area contributed by atoms with Crippen molar-refractivity contribution in [3.63, 3.8) is 0 Å². The second kappa shape index (κ2) is 13.5. The smallest absolute Gasteiger partial charge is 0.185 e. The van der Waals surface area contributed by atoms with Gasteiger partial charge in [-0.25, -0.2) is 0 Å². The van der Waals surface area contributed by atoms with Gasteiger partial charge in [0.2, 0.25) is 0 Å². The van der Waals surface area contributed by atoms with E-state index in [1.807, 2.05) is 80.6 Å². The van der Waals surface area contributed by atoms with Crippen LogP contribution in [0.4, 0.5) is 0 Å². The fourth-order valence-electron chi connectivity index (χ4n) is 4.37. The second-order valence-corrected chi connectivity index (χ2v) is 10.5. The zero-order valence-electron chi connectivity index (χ0n) is 23.8. The van der Waals surface area contributed by atoms with Crippen LogP contribution < -0.4 is 0 Å². The van der Waals surface area contributed by atoms with Gasteiger partial charge in [0.15, 0.2) is 11.6 Å². The lowest BCUT2D eigenvalue weighted by molar-refractivity contribution is -0.111. The van der Waals surface area contributed by atoms with Crippen molar-refractivity contribution >= 4 is 29.8 Å². The third-order valence-corrected chi connectivity index (χ3v) is 6.92. The number of benzene rings is 4. The Morgan fingerprint density at radius 3 is 1.27 bits per heavy atom. The molecule has 0 atom stereocenters. The molecule has 2 nitrogen and oxygen atoms in total. The summed E-state index contributed by atoms with van der Waals surface area (Å²) in [5.41, 5.74) is 10.7. The maximum absolute atomic E-state index is 12.5. The van der Waals surface area contributed by atoms with Gasteiger partial charge in [-0.15, -0.1) is 0 Å². The Kier molecular flexibility index (Phi) is 9.59. The van der Waals surface area contributed by atoms with Crippen molar-refractivity contribution in [3.8, 4) is 0 Å². The first-order valence-corrected chi connectivity index (χ1v) is 13.7. The Morgan fingerprint density at radius 2 is 0.875 bits per heavy atom. The molecule has 0 radical (unpaired) electrons. The number of allylic oxidation sites excluding steroid dienone is 3. The Hall–Kier alpha value is -4.56. The lowest BCUT2D eigenvalue weighted by Gasteiger charge is -1.99. The van der Waals surface area contributed by atoms with Crippen LogP contribution in [0.3, 0.4) is 0 Å². The first-order chi connectivity index (χ1) is 19.3. The molecule has 0 unspecified atom stereocenters. The minimum atomic E-state index is 0.0376. The largest absolute Gasteiger partial charge is 0.289 e. The average molecular weight is 525 g/mol. The fraction of sp³-hybridized carbons (Fsp3) is 0.158. The third-order valence-electron chi connectivity index (χ3n) is 6.92. The van der Waals surface area contributed by atoms with Crippen molar-refractivity contribution in [2.24, 2.45) is 0 Å². The highest BCUT2D eigenvalue weighted by Crippen LogP contribution is 2.29. The quantitative estimate of drug-likeness (QED) is 0.192. The number of carbonyl (C=O) groups excluding carboxylic acids is 2. The van der Waals surface area contributed by atoms with Gasteiger partial charge in [-0.2, -0.15) is 0 Å². The molecule has 40 heavy (non-hydrogen) atoms. The number of ketones is 2. The van der Waals surface area contributed by atoms with Gasteiger partial charge in [-0.05, 0) is 75.5 Å².